The summed E-state index contributed by atoms with van der Waals surface area (Å²) in [5.74, 6) is 0. The second-order valence-electron chi connectivity index (χ2n) is 6.23. The first-order chi connectivity index (χ1) is 10.2. The lowest BCUT2D eigenvalue weighted by Gasteiger charge is -2.36. The van der Waals surface area contributed by atoms with Crippen LogP contribution in [0.5, 0.6) is 0 Å². The largest absolute Gasteiger partial charge is 0.309 e. The van der Waals surface area contributed by atoms with Crippen molar-refractivity contribution in [1.29, 1.82) is 0 Å². The molecule has 2 nitrogen and oxygen atoms in total. The van der Waals surface area contributed by atoms with Crippen LogP contribution in [0.25, 0.3) is 11.1 Å². The van der Waals surface area contributed by atoms with Crippen molar-refractivity contribution in [2.24, 2.45) is 0 Å². The summed E-state index contributed by atoms with van der Waals surface area (Å²) in [6.45, 7) is 7.82. The summed E-state index contributed by atoms with van der Waals surface area (Å²) in [4.78, 5) is 2.55. The fraction of sp³-hybridized carbons (Fsp3) is 0.368. The fourth-order valence-electron chi connectivity index (χ4n) is 3.31. The van der Waals surface area contributed by atoms with Crippen molar-refractivity contribution in [3.63, 3.8) is 0 Å². The molecule has 21 heavy (non-hydrogen) atoms. The van der Waals surface area contributed by atoms with Crippen LogP contribution in [0.2, 0.25) is 0 Å². The first-order valence-electron chi connectivity index (χ1n) is 7.83. The SMILES string of the molecule is C[C@@H]1CN(Cc2cccc(-c3ccccc3)c2)C[C@H](C)N1. The van der Waals surface area contributed by atoms with E-state index in [2.05, 4.69) is 78.7 Å². The molecule has 2 atom stereocenters. The first kappa shape index (κ1) is 14.3. The highest BCUT2D eigenvalue weighted by atomic mass is 15.2. The molecular weight excluding hydrogens is 256 g/mol. The van der Waals surface area contributed by atoms with Crippen LogP contribution >= 0.6 is 0 Å². The van der Waals surface area contributed by atoms with E-state index in [1.54, 1.807) is 0 Å². The van der Waals surface area contributed by atoms with E-state index in [0.717, 1.165) is 19.6 Å². The molecule has 0 unspecified atom stereocenters. The van der Waals surface area contributed by atoms with Gasteiger partial charge in [0.25, 0.3) is 0 Å². The van der Waals surface area contributed by atoms with Crippen molar-refractivity contribution in [3.8, 4) is 11.1 Å². The molecule has 0 aliphatic carbocycles. The second kappa shape index (κ2) is 6.42. The summed E-state index contributed by atoms with van der Waals surface area (Å²) in [6.07, 6.45) is 0. The highest BCUT2D eigenvalue weighted by Crippen LogP contribution is 2.21. The molecule has 0 aromatic heterocycles. The van der Waals surface area contributed by atoms with Crippen LogP contribution in [0.1, 0.15) is 19.4 Å². The summed E-state index contributed by atoms with van der Waals surface area (Å²) < 4.78 is 0. The van der Waals surface area contributed by atoms with Gasteiger partial charge in [0.1, 0.15) is 0 Å². The van der Waals surface area contributed by atoms with E-state index in [1.165, 1.54) is 16.7 Å². The number of piperazine rings is 1. The number of rotatable bonds is 3. The maximum absolute atomic E-state index is 3.59. The molecule has 0 saturated carbocycles. The molecule has 0 radical (unpaired) electrons. The number of nitrogens with zero attached hydrogens (tertiary/aromatic N) is 1. The van der Waals surface area contributed by atoms with E-state index in [9.17, 15) is 0 Å². The molecule has 0 amide bonds. The van der Waals surface area contributed by atoms with Crippen molar-refractivity contribution in [2.45, 2.75) is 32.5 Å². The average Bonchev–Trinajstić information content (AvgIpc) is 2.47. The van der Waals surface area contributed by atoms with E-state index in [-0.39, 0.29) is 0 Å². The minimum atomic E-state index is 0.575. The van der Waals surface area contributed by atoms with Crippen molar-refractivity contribution in [2.75, 3.05) is 13.1 Å². The molecule has 110 valence electrons. The predicted octanol–water partition coefficient (Wildman–Crippen LogP) is 3.54. The van der Waals surface area contributed by atoms with E-state index in [1.807, 2.05) is 0 Å². The summed E-state index contributed by atoms with van der Waals surface area (Å²) in [7, 11) is 0. The molecule has 0 spiro atoms. The van der Waals surface area contributed by atoms with Crippen LogP contribution in [0.3, 0.4) is 0 Å². The van der Waals surface area contributed by atoms with E-state index >= 15 is 0 Å². The molecule has 2 aromatic carbocycles. The molecule has 0 bridgehead atoms. The van der Waals surface area contributed by atoms with Crippen LogP contribution in [-0.2, 0) is 6.54 Å². The monoisotopic (exact) mass is 280 g/mol. The molecule has 1 saturated heterocycles. The van der Waals surface area contributed by atoms with Gasteiger partial charge < -0.3 is 5.32 Å². The Morgan fingerprint density at radius 2 is 1.57 bits per heavy atom. The summed E-state index contributed by atoms with van der Waals surface area (Å²) >= 11 is 0. The van der Waals surface area contributed by atoms with Gasteiger partial charge in [0.15, 0.2) is 0 Å². The smallest absolute Gasteiger partial charge is 0.0235 e. The standard InChI is InChI=1S/C19H24N2/c1-15-12-21(13-16(2)20-15)14-17-7-6-10-19(11-17)18-8-4-3-5-9-18/h3-11,15-16,20H,12-14H2,1-2H3/t15-,16+. The minimum absolute atomic E-state index is 0.575. The van der Waals surface area contributed by atoms with Crippen molar-refractivity contribution >= 4 is 0 Å². The molecule has 1 aliphatic rings. The van der Waals surface area contributed by atoms with E-state index in [4.69, 9.17) is 0 Å². The Bertz CT molecular complexity index is 569. The van der Waals surface area contributed by atoms with Gasteiger partial charge in [-0.05, 0) is 36.6 Å². The summed E-state index contributed by atoms with van der Waals surface area (Å²) in [5.41, 5.74) is 4.00. The van der Waals surface area contributed by atoms with Gasteiger partial charge in [-0.2, -0.15) is 0 Å². The van der Waals surface area contributed by atoms with E-state index < -0.39 is 0 Å². The number of benzene rings is 2. The molecule has 2 aromatic rings. The summed E-state index contributed by atoms with van der Waals surface area (Å²) in [5, 5.41) is 3.59. The fourth-order valence-corrected chi connectivity index (χ4v) is 3.31. The lowest BCUT2D eigenvalue weighted by atomic mass is 10.0. The quantitative estimate of drug-likeness (QED) is 0.925. The third-order valence-corrected chi connectivity index (χ3v) is 4.07. The highest BCUT2D eigenvalue weighted by Gasteiger charge is 2.20. The van der Waals surface area contributed by atoms with Crippen LogP contribution in [-0.4, -0.2) is 30.1 Å². The average molecular weight is 280 g/mol. The minimum Gasteiger partial charge on any atom is -0.309 e. The number of hydrogen-bond acceptors (Lipinski definition) is 2. The molecular formula is C19H24N2. The molecule has 2 heteroatoms. The number of hydrogen-bond donors (Lipinski definition) is 1. The van der Waals surface area contributed by atoms with Crippen molar-refractivity contribution in [3.05, 3.63) is 60.2 Å². The van der Waals surface area contributed by atoms with Gasteiger partial charge >= 0.3 is 0 Å². The van der Waals surface area contributed by atoms with Crippen LogP contribution in [0.15, 0.2) is 54.6 Å². The van der Waals surface area contributed by atoms with Gasteiger partial charge in [0.2, 0.25) is 0 Å². The molecule has 3 rings (SSSR count). The third-order valence-electron chi connectivity index (χ3n) is 4.07. The van der Waals surface area contributed by atoms with Crippen LogP contribution in [0.4, 0.5) is 0 Å². The second-order valence-corrected chi connectivity index (χ2v) is 6.23. The Hall–Kier alpha value is -1.64. The van der Waals surface area contributed by atoms with Gasteiger partial charge in [0.05, 0.1) is 0 Å². The Morgan fingerprint density at radius 1 is 0.905 bits per heavy atom. The Labute approximate surface area is 127 Å². The molecule has 1 N–H and O–H groups in total. The van der Waals surface area contributed by atoms with Gasteiger partial charge in [0, 0.05) is 31.7 Å². The molecule has 1 aliphatic heterocycles. The maximum atomic E-state index is 3.59. The third kappa shape index (κ3) is 3.72. The first-order valence-corrected chi connectivity index (χ1v) is 7.83. The zero-order chi connectivity index (χ0) is 14.7. The predicted molar refractivity (Wildman–Crippen MR) is 89.2 cm³/mol. The molecule has 1 heterocycles. The van der Waals surface area contributed by atoms with E-state index in [0.29, 0.717) is 12.1 Å². The topological polar surface area (TPSA) is 15.3 Å². The van der Waals surface area contributed by atoms with Gasteiger partial charge in [-0.1, -0.05) is 48.5 Å². The molecule has 1 fully saturated rings. The Balaban J connectivity index is 1.74. The normalized spacial score (nSPS) is 23.1. The lowest BCUT2D eigenvalue weighted by molar-refractivity contribution is 0.166. The lowest BCUT2D eigenvalue weighted by Crippen LogP contribution is -2.53. The zero-order valence-corrected chi connectivity index (χ0v) is 12.9. The van der Waals surface area contributed by atoms with Crippen LogP contribution < -0.4 is 5.32 Å². The van der Waals surface area contributed by atoms with Crippen molar-refractivity contribution < 1.29 is 0 Å². The van der Waals surface area contributed by atoms with Gasteiger partial charge in [-0.3, -0.25) is 4.90 Å². The highest BCUT2D eigenvalue weighted by molar-refractivity contribution is 5.63. The zero-order valence-electron chi connectivity index (χ0n) is 12.9. The van der Waals surface area contributed by atoms with Gasteiger partial charge in [-0.15, -0.1) is 0 Å². The summed E-state index contributed by atoms with van der Waals surface area (Å²) in [6, 6.07) is 20.7. The Morgan fingerprint density at radius 3 is 2.29 bits per heavy atom. The van der Waals surface area contributed by atoms with Crippen molar-refractivity contribution in [1.82, 2.24) is 10.2 Å². The maximum Gasteiger partial charge on any atom is 0.0235 e. The van der Waals surface area contributed by atoms with Gasteiger partial charge in [-0.25, -0.2) is 0 Å². The van der Waals surface area contributed by atoms with Crippen LogP contribution in [0, 0.1) is 0 Å². The number of nitrogens with one attached hydrogen (secondary N) is 1. The Kier molecular flexibility index (Phi) is 4.37.